The molecular formula is C30H37N3O5S. The van der Waals surface area contributed by atoms with Crippen LogP contribution in [0.1, 0.15) is 35.3 Å². The van der Waals surface area contributed by atoms with E-state index in [0.717, 1.165) is 12.1 Å². The van der Waals surface area contributed by atoms with Crippen LogP contribution in [0.3, 0.4) is 0 Å². The fourth-order valence-corrected chi connectivity index (χ4v) is 5.75. The minimum atomic E-state index is -3.85. The molecule has 8 nitrogen and oxygen atoms in total. The van der Waals surface area contributed by atoms with Crippen LogP contribution in [0.2, 0.25) is 0 Å². The maximum atomic E-state index is 13.7. The molecule has 9 heteroatoms. The zero-order valence-corrected chi connectivity index (χ0v) is 23.7. The molecule has 1 aliphatic rings. The molecule has 0 bridgehead atoms. The molecule has 0 unspecified atom stereocenters. The number of carbonyl (C=O) groups excluding carboxylic acids is 1. The Hall–Kier alpha value is -3.40. The third kappa shape index (κ3) is 6.98. The average molecular weight is 552 g/mol. The van der Waals surface area contributed by atoms with E-state index < -0.39 is 16.1 Å². The number of nitrogens with zero attached hydrogens (tertiary/aromatic N) is 2. The Kier molecular flexibility index (Phi) is 8.94. The largest absolute Gasteiger partial charge is 0.488 e. The summed E-state index contributed by atoms with van der Waals surface area (Å²) >= 11 is 0. The van der Waals surface area contributed by atoms with Crippen molar-refractivity contribution in [3.63, 3.8) is 0 Å². The number of sulfonamides is 1. The summed E-state index contributed by atoms with van der Waals surface area (Å²) in [7, 11) is -1.82. The number of amides is 1. The fourth-order valence-electron chi connectivity index (χ4n) is 4.70. The summed E-state index contributed by atoms with van der Waals surface area (Å²) < 4.78 is 35.0. The minimum absolute atomic E-state index is 0.0194. The predicted molar refractivity (Wildman–Crippen MR) is 152 cm³/mol. The number of aryl methyl sites for hydroxylation is 1. The molecule has 1 heterocycles. The number of rotatable bonds is 9. The van der Waals surface area contributed by atoms with E-state index in [-0.39, 0.29) is 40.7 Å². The van der Waals surface area contributed by atoms with Gasteiger partial charge in [0.25, 0.3) is 15.9 Å². The zero-order chi connectivity index (χ0) is 28.2. The second-order valence-corrected chi connectivity index (χ2v) is 12.1. The highest BCUT2D eigenvalue weighted by Crippen LogP contribution is 2.31. The van der Waals surface area contributed by atoms with Crippen molar-refractivity contribution in [3.8, 4) is 5.75 Å². The van der Waals surface area contributed by atoms with Gasteiger partial charge in [-0.3, -0.25) is 14.4 Å². The number of hydrogen-bond acceptors (Lipinski definition) is 6. The summed E-state index contributed by atoms with van der Waals surface area (Å²) in [5.74, 6) is 0.0537. The molecule has 2 N–H and O–H groups in total. The number of aliphatic hydroxyl groups is 1. The lowest BCUT2D eigenvalue weighted by atomic mass is 9.99. The van der Waals surface area contributed by atoms with Crippen LogP contribution in [0.5, 0.6) is 5.75 Å². The lowest BCUT2D eigenvalue weighted by molar-refractivity contribution is 0.0341. The van der Waals surface area contributed by atoms with E-state index in [1.54, 1.807) is 48.2 Å². The van der Waals surface area contributed by atoms with Crippen molar-refractivity contribution >= 4 is 21.6 Å². The third-order valence-corrected chi connectivity index (χ3v) is 8.43. The molecular weight excluding hydrogens is 514 g/mol. The molecule has 0 aliphatic carbocycles. The smallest absolute Gasteiger partial charge is 0.261 e. The minimum Gasteiger partial charge on any atom is -0.488 e. The Labute approximate surface area is 231 Å². The Bertz CT molecular complexity index is 1380. The Morgan fingerprint density at radius 2 is 1.79 bits per heavy atom. The first-order valence-corrected chi connectivity index (χ1v) is 14.6. The van der Waals surface area contributed by atoms with Crippen LogP contribution in [0, 0.1) is 12.8 Å². The van der Waals surface area contributed by atoms with Gasteiger partial charge in [-0.1, -0.05) is 55.0 Å². The molecule has 3 aromatic carbocycles. The second kappa shape index (κ2) is 12.2. The van der Waals surface area contributed by atoms with E-state index in [1.165, 1.54) is 11.6 Å². The average Bonchev–Trinajstić information content (AvgIpc) is 2.91. The van der Waals surface area contributed by atoms with E-state index in [9.17, 15) is 18.3 Å². The number of aliphatic hydroxyl groups excluding tert-OH is 1. The molecule has 1 amide bonds. The van der Waals surface area contributed by atoms with Crippen molar-refractivity contribution in [1.29, 1.82) is 0 Å². The van der Waals surface area contributed by atoms with Crippen molar-refractivity contribution in [2.45, 2.75) is 44.4 Å². The number of likely N-dealkylation sites (N-methyl/N-ethyl adjacent to an activating group) is 1. The summed E-state index contributed by atoms with van der Waals surface area (Å²) in [5, 5.41) is 9.90. The van der Waals surface area contributed by atoms with Crippen molar-refractivity contribution in [2.75, 3.05) is 31.5 Å². The quantitative estimate of drug-likeness (QED) is 0.415. The first-order valence-electron chi connectivity index (χ1n) is 13.1. The summed E-state index contributed by atoms with van der Waals surface area (Å²) in [5.41, 5.74) is 2.65. The van der Waals surface area contributed by atoms with Gasteiger partial charge in [0.1, 0.15) is 11.9 Å². The van der Waals surface area contributed by atoms with Crippen molar-refractivity contribution in [3.05, 3.63) is 89.5 Å². The Morgan fingerprint density at radius 1 is 1.10 bits per heavy atom. The van der Waals surface area contributed by atoms with Crippen LogP contribution >= 0.6 is 0 Å². The molecule has 0 saturated heterocycles. The number of anilines is 1. The normalized spacial score (nSPS) is 18.6. The van der Waals surface area contributed by atoms with Gasteiger partial charge in [0, 0.05) is 31.2 Å². The maximum absolute atomic E-state index is 13.7. The van der Waals surface area contributed by atoms with Gasteiger partial charge in [0.05, 0.1) is 23.1 Å². The molecule has 1 aliphatic heterocycles. The van der Waals surface area contributed by atoms with Gasteiger partial charge in [-0.2, -0.15) is 0 Å². The molecule has 0 spiro atoms. The number of fused-ring (bicyclic) bond motifs is 1. The number of benzene rings is 3. The Morgan fingerprint density at radius 3 is 2.46 bits per heavy atom. The topological polar surface area (TPSA) is 99.2 Å². The van der Waals surface area contributed by atoms with E-state index in [4.69, 9.17) is 4.74 Å². The van der Waals surface area contributed by atoms with Gasteiger partial charge >= 0.3 is 0 Å². The van der Waals surface area contributed by atoms with Gasteiger partial charge in [-0.25, -0.2) is 8.42 Å². The molecule has 0 saturated carbocycles. The van der Waals surface area contributed by atoms with Gasteiger partial charge in [-0.05, 0) is 56.8 Å². The highest BCUT2D eigenvalue weighted by atomic mass is 32.2. The van der Waals surface area contributed by atoms with Gasteiger partial charge in [-0.15, -0.1) is 0 Å². The maximum Gasteiger partial charge on any atom is 0.261 e. The molecule has 39 heavy (non-hydrogen) atoms. The number of hydrogen-bond donors (Lipinski definition) is 2. The number of carbonyl (C=O) groups is 1. The molecule has 3 aromatic rings. The van der Waals surface area contributed by atoms with Crippen LogP contribution in [0.4, 0.5) is 5.69 Å². The predicted octanol–water partition coefficient (Wildman–Crippen LogP) is 4.15. The summed E-state index contributed by atoms with van der Waals surface area (Å²) in [6.45, 7) is 7.30. The summed E-state index contributed by atoms with van der Waals surface area (Å²) in [4.78, 5) is 17.6. The standard InChI is InChI=1S/C30H37N3O5S/c1-21-10-13-26(14-11-21)39(36,37)31-25-12-15-28-27(16-25)30(35)33(23(3)20-34)17-22(2)29(38-28)19-32(4)18-24-8-6-5-7-9-24/h5-16,22-23,29,31,34H,17-20H2,1-4H3/t22-,23-,29+/m1/s1. The van der Waals surface area contributed by atoms with E-state index in [0.29, 0.717) is 18.8 Å². The molecule has 3 atom stereocenters. The summed E-state index contributed by atoms with van der Waals surface area (Å²) in [6, 6.07) is 21.1. The van der Waals surface area contributed by atoms with Crippen LogP contribution in [0.25, 0.3) is 0 Å². The molecule has 208 valence electrons. The van der Waals surface area contributed by atoms with E-state index >= 15 is 0 Å². The van der Waals surface area contributed by atoms with Gasteiger partial charge in [0.15, 0.2) is 0 Å². The van der Waals surface area contributed by atoms with Gasteiger partial charge < -0.3 is 14.7 Å². The number of ether oxygens (including phenoxy) is 1. The van der Waals surface area contributed by atoms with Crippen LogP contribution in [0.15, 0.2) is 77.7 Å². The monoisotopic (exact) mass is 551 g/mol. The summed E-state index contributed by atoms with van der Waals surface area (Å²) in [6.07, 6.45) is -0.242. The number of nitrogens with one attached hydrogen (secondary N) is 1. The van der Waals surface area contributed by atoms with Crippen LogP contribution in [-0.4, -0.2) is 68.1 Å². The Balaban J connectivity index is 1.63. The molecule has 0 radical (unpaired) electrons. The SMILES string of the molecule is Cc1ccc(S(=O)(=O)Nc2ccc3c(c2)C(=O)N([C@H](C)CO)C[C@@H](C)[C@H](CN(C)Cc2ccccc2)O3)cc1. The molecule has 4 rings (SSSR count). The first-order chi connectivity index (χ1) is 18.6. The van der Waals surface area contributed by atoms with Crippen molar-refractivity contribution < 1.29 is 23.1 Å². The highest BCUT2D eigenvalue weighted by Gasteiger charge is 2.33. The van der Waals surface area contributed by atoms with Gasteiger partial charge in [0.2, 0.25) is 0 Å². The second-order valence-electron chi connectivity index (χ2n) is 10.4. The van der Waals surface area contributed by atoms with Crippen LogP contribution < -0.4 is 9.46 Å². The first kappa shape index (κ1) is 28.6. The molecule has 0 aromatic heterocycles. The third-order valence-electron chi connectivity index (χ3n) is 7.04. The molecule has 0 fully saturated rings. The highest BCUT2D eigenvalue weighted by molar-refractivity contribution is 7.92. The van der Waals surface area contributed by atoms with E-state index in [1.807, 2.05) is 39.1 Å². The van der Waals surface area contributed by atoms with E-state index in [2.05, 4.69) is 21.8 Å². The van der Waals surface area contributed by atoms with Crippen molar-refractivity contribution in [2.24, 2.45) is 5.92 Å². The van der Waals surface area contributed by atoms with Crippen LogP contribution in [-0.2, 0) is 16.6 Å². The van der Waals surface area contributed by atoms with Crippen molar-refractivity contribution in [1.82, 2.24) is 9.80 Å². The lowest BCUT2D eigenvalue weighted by Gasteiger charge is -2.38. The fraction of sp³-hybridized carbons (Fsp3) is 0.367. The zero-order valence-electron chi connectivity index (χ0n) is 22.9. The lowest BCUT2D eigenvalue weighted by Crippen LogP contribution is -2.49.